The highest BCUT2D eigenvalue weighted by Crippen LogP contribution is 2.30. The molecule has 2 heterocycles. The van der Waals surface area contributed by atoms with Gasteiger partial charge in [0, 0.05) is 12.7 Å². The first-order valence-corrected chi connectivity index (χ1v) is 7.26. The van der Waals surface area contributed by atoms with E-state index in [0.29, 0.717) is 0 Å². The van der Waals surface area contributed by atoms with Crippen LogP contribution in [0.2, 0.25) is 0 Å². The Labute approximate surface area is 115 Å². The predicted octanol–water partition coefficient (Wildman–Crippen LogP) is 3.34. The topological polar surface area (TPSA) is 42.2 Å². The molecule has 96 valence electrons. The van der Waals surface area contributed by atoms with Crippen LogP contribution in [0.3, 0.4) is 0 Å². The zero-order chi connectivity index (χ0) is 12.5. The summed E-state index contributed by atoms with van der Waals surface area (Å²) in [5, 5.41) is 7.78. The Hall–Kier alpha value is -1.10. The fourth-order valence-electron chi connectivity index (χ4n) is 2.69. The van der Waals surface area contributed by atoms with E-state index >= 15 is 0 Å². The van der Waals surface area contributed by atoms with Crippen LogP contribution in [0.25, 0.3) is 5.65 Å². The van der Waals surface area contributed by atoms with Gasteiger partial charge in [0.05, 0.1) is 4.47 Å². The van der Waals surface area contributed by atoms with Crippen molar-refractivity contribution in [1.29, 1.82) is 0 Å². The van der Waals surface area contributed by atoms with Gasteiger partial charge >= 0.3 is 0 Å². The zero-order valence-electron chi connectivity index (χ0n) is 10.4. The molecule has 1 aliphatic rings. The van der Waals surface area contributed by atoms with Gasteiger partial charge in [-0.15, -0.1) is 5.10 Å². The normalized spacial score (nSPS) is 23.7. The van der Waals surface area contributed by atoms with E-state index < -0.39 is 0 Å². The van der Waals surface area contributed by atoms with E-state index in [2.05, 4.69) is 38.3 Å². The van der Waals surface area contributed by atoms with Crippen molar-refractivity contribution < 1.29 is 0 Å². The van der Waals surface area contributed by atoms with E-state index in [0.717, 1.165) is 34.4 Å². The third kappa shape index (κ3) is 2.36. The van der Waals surface area contributed by atoms with Crippen molar-refractivity contribution in [2.45, 2.75) is 26.2 Å². The number of fused-ring (bicyclic) bond motifs is 1. The van der Waals surface area contributed by atoms with Gasteiger partial charge in [0.2, 0.25) is 5.95 Å². The molecule has 1 fully saturated rings. The summed E-state index contributed by atoms with van der Waals surface area (Å²) >= 11 is 3.48. The lowest BCUT2D eigenvalue weighted by atomic mass is 10.1. The molecule has 5 heteroatoms. The number of hydrogen-bond donors (Lipinski definition) is 1. The van der Waals surface area contributed by atoms with Crippen LogP contribution in [-0.2, 0) is 0 Å². The molecule has 1 N–H and O–H groups in total. The Morgan fingerprint density at radius 3 is 3.11 bits per heavy atom. The van der Waals surface area contributed by atoms with Crippen LogP contribution in [-0.4, -0.2) is 21.1 Å². The molecule has 2 atom stereocenters. The van der Waals surface area contributed by atoms with Crippen molar-refractivity contribution in [3.8, 4) is 0 Å². The quantitative estimate of drug-likeness (QED) is 0.945. The second-order valence-electron chi connectivity index (χ2n) is 5.22. The lowest BCUT2D eigenvalue weighted by molar-refractivity contribution is 0.536. The summed E-state index contributed by atoms with van der Waals surface area (Å²) in [6.45, 7) is 3.32. The number of anilines is 1. The summed E-state index contributed by atoms with van der Waals surface area (Å²) < 4.78 is 2.77. The maximum atomic E-state index is 4.49. The second-order valence-corrected chi connectivity index (χ2v) is 6.08. The minimum atomic E-state index is 0.724. The molecule has 3 rings (SSSR count). The van der Waals surface area contributed by atoms with Gasteiger partial charge in [0.15, 0.2) is 5.65 Å². The third-order valence-corrected chi connectivity index (χ3v) is 4.29. The molecule has 0 aromatic carbocycles. The van der Waals surface area contributed by atoms with Gasteiger partial charge in [-0.2, -0.15) is 4.98 Å². The molecule has 4 nitrogen and oxygen atoms in total. The smallest absolute Gasteiger partial charge is 0.243 e. The Morgan fingerprint density at radius 2 is 2.39 bits per heavy atom. The molecule has 18 heavy (non-hydrogen) atoms. The summed E-state index contributed by atoms with van der Waals surface area (Å²) in [6.07, 6.45) is 5.92. The van der Waals surface area contributed by atoms with Gasteiger partial charge < -0.3 is 5.32 Å². The molecule has 2 aromatic rings. The van der Waals surface area contributed by atoms with Crippen LogP contribution in [0.5, 0.6) is 0 Å². The highest BCUT2D eigenvalue weighted by molar-refractivity contribution is 9.10. The van der Waals surface area contributed by atoms with Crippen LogP contribution in [0.4, 0.5) is 5.95 Å². The summed E-state index contributed by atoms with van der Waals surface area (Å²) in [5.41, 5.74) is 0.861. The highest BCUT2D eigenvalue weighted by Gasteiger charge is 2.21. The van der Waals surface area contributed by atoms with E-state index in [1.807, 2.05) is 18.3 Å². The van der Waals surface area contributed by atoms with E-state index in [1.54, 1.807) is 4.52 Å². The van der Waals surface area contributed by atoms with Crippen molar-refractivity contribution in [2.24, 2.45) is 11.8 Å². The first-order valence-electron chi connectivity index (χ1n) is 6.47. The molecule has 1 saturated carbocycles. The highest BCUT2D eigenvalue weighted by atomic mass is 79.9. The van der Waals surface area contributed by atoms with E-state index in [9.17, 15) is 0 Å². The van der Waals surface area contributed by atoms with Crippen LogP contribution in [0.1, 0.15) is 26.2 Å². The number of pyridine rings is 1. The van der Waals surface area contributed by atoms with Crippen molar-refractivity contribution in [3.63, 3.8) is 0 Å². The monoisotopic (exact) mass is 308 g/mol. The van der Waals surface area contributed by atoms with Crippen molar-refractivity contribution >= 4 is 27.5 Å². The summed E-state index contributed by atoms with van der Waals surface area (Å²) in [5.74, 6) is 2.37. The molecule has 1 aliphatic carbocycles. The number of rotatable bonds is 3. The van der Waals surface area contributed by atoms with Crippen molar-refractivity contribution in [3.05, 3.63) is 22.8 Å². The number of nitrogens with zero attached hydrogens (tertiary/aromatic N) is 3. The molecule has 2 unspecified atom stereocenters. The zero-order valence-corrected chi connectivity index (χ0v) is 12.0. The number of nitrogens with one attached hydrogen (secondary N) is 1. The lowest BCUT2D eigenvalue weighted by Gasteiger charge is -2.08. The van der Waals surface area contributed by atoms with Crippen molar-refractivity contribution in [1.82, 2.24) is 14.6 Å². The van der Waals surface area contributed by atoms with Crippen LogP contribution in [0.15, 0.2) is 22.8 Å². The van der Waals surface area contributed by atoms with E-state index in [1.165, 1.54) is 19.3 Å². The largest absolute Gasteiger partial charge is 0.353 e. The predicted molar refractivity (Wildman–Crippen MR) is 75.7 cm³/mol. The summed E-state index contributed by atoms with van der Waals surface area (Å²) in [4.78, 5) is 4.49. The SMILES string of the molecule is CC1CCC(CNc2nc3c(Br)cccn3n2)C1. The molecule has 0 bridgehead atoms. The Kier molecular flexibility index (Phi) is 3.24. The lowest BCUT2D eigenvalue weighted by Crippen LogP contribution is -2.12. The molecule has 2 aromatic heterocycles. The van der Waals surface area contributed by atoms with Gasteiger partial charge in [-0.3, -0.25) is 0 Å². The van der Waals surface area contributed by atoms with Crippen LogP contribution >= 0.6 is 15.9 Å². The Balaban J connectivity index is 1.69. The van der Waals surface area contributed by atoms with Gasteiger partial charge in [-0.25, -0.2) is 4.52 Å². The van der Waals surface area contributed by atoms with Crippen molar-refractivity contribution in [2.75, 3.05) is 11.9 Å². The van der Waals surface area contributed by atoms with Crippen LogP contribution < -0.4 is 5.32 Å². The average Bonchev–Trinajstić information content (AvgIpc) is 2.93. The Morgan fingerprint density at radius 1 is 1.50 bits per heavy atom. The number of hydrogen-bond acceptors (Lipinski definition) is 3. The molecule has 0 radical (unpaired) electrons. The fraction of sp³-hybridized carbons (Fsp3) is 0.538. The molecule has 0 saturated heterocycles. The minimum absolute atomic E-state index is 0.724. The average molecular weight is 309 g/mol. The molecule has 0 amide bonds. The van der Waals surface area contributed by atoms with Crippen LogP contribution in [0, 0.1) is 11.8 Å². The maximum absolute atomic E-state index is 4.49. The molecule has 0 aliphatic heterocycles. The minimum Gasteiger partial charge on any atom is -0.353 e. The van der Waals surface area contributed by atoms with Gasteiger partial charge in [-0.05, 0) is 52.7 Å². The number of aromatic nitrogens is 3. The Bertz CT molecular complexity index is 551. The first-order chi connectivity index (χ1) is 8.72. The molecular weight excluding hydrogens is 292 g/mol. The third-order valence-electron chi connectivity index (χ3n) is 3.67. The van der Waals surface area contributed by atoms with E-state index in [-0.39, 0.29) is 0 Å². The van der Waals surface area contributed by atoms with E-state index in [4.69, 9.17) is 0 Å². The summed E-state index contributed by atoms with van der Waals surface area (Å²) in [6, 6.07) is 3.93. The summed E-state index contributed by atoms with van der Waals surface area (Å²) in [7, 11) is 0. The van der Waals surface area contributed by atoms with Gasteiger partial charge in [0.1, 0.15) is 0 Å². The fourth-order valence-corrected chi connectivity index (χ4v) is 3.12. The first kappa shape index (κ1) is 12.0. The van der Waals surface area contributed by atoms with Gasteiger partial charge in [0.25, 0.3) is 0 Å². The maximum Gasteiger partial charge on any atom is 0.243 e. The standard InChI is InChI=1S/C13H17BrN4/c1-9-4-5-10(7-9)8-15-13-16-12-11(14)3-2-6-18(12)17-13/h2-3,6,9-10H,4-5,7-8H2,1H3,(H,15,17). The number of halogens is 1. The van der Waals surface area contributed by atoms with Gasteiger partial charge in [-0.1, -0.05) is 13.3 Å². The molecular formula is C13H17BrN4. The second kappa shape index (κ2) is 4.88. The molecule has 0 spiro atoms.